The first-order valence-electron chi connectivity index (χ1n) is 12.5. The molecule has 1 aromatic heterocycles. The second-order valence-corrected chi connectivity index (χ2v) is 13.3. The van der Waals surface area contributed by atoms with Crippen molar-refractivity contribution in [3.63, 3.8) is 0 Å². The zero-order valence-electron chi connectivity index (χ0n) is 21.2. The predicted octanol–water partition coefficient (Wildman–Crippen LogP) is 7.78. The fourth-order valence-electron chi connectivity index (χ4n) is 4.50. The molecular formula is C32H32INOPS+. The summed E-state index contributed by atoms with van der Waals surface area (Å²) < 4.78 is 6.64. The summed E-state index contributed by atoms with van der Waals surface area (Å²) in [6.07, 6.45) is 2.29. The second-order valence-electron chi connectivity index (χ2n) is 8.88. The third-order valence-electron chi connectivity index (χ3n) is 6.36. The fourth-order valence-corrected chi connectivity index (χ4v) is 10.1. The van der Waals surface area contributed by atoms with E-state index in [9.17, 15) is 0 Å². The molecule has 0 bridgehead atoms. The quantitative estimate of drug-likeness (QED) is 0.0716. The van der Waals surface area contributed by atoms with Crippen molar-refractivity contribution in [1.82, 2.24) is 4.98 Å². The number of aromatic nitrogens is 1. The summed E-state index contributed by atoms with van der Waals surface area (Å²) in [5, 5.41) is 4.78. The van der Waals surface area contributed by atoms with Crippen LogP contribution < -0.4 is 21.3 Å². The minimum Gasteiger partial charge on any atom is -0.425 e. The second kappa shape index (κ2) is 12.9. The van der Waals surface area contributed by atoms with Crippen LogP contribution in [0, 0.1) is 6.92 Å². The van der Waals surface area contributed by atoms with Crippen LogP contribution in [0.5, 0.6) is 0 Å². The predicted molar refractivity (Wildman–Crippen MR) is 173 cm³/mol. The first kappa shape index (κ1) is 27.6. The maximum absolute atomic E-state index is 6.64. The molecule has 5 aromatic rings. The number of nitrogens with zero attached hydrogens (tertiary/aromatic N) is 1. The van der Waals surface area contributed by atoms with Crippen LogP contribution in [0.15, 0.2) is 125 Å². The number of halogens is 1. The average Bonchev–Trinajstić information content (AvgIpc) is 3.36. The van der Waals surface area contributed by atoms with E-state index in [1.54, 1.807) is 11.8 Å². The van der Waals surface area contributed by atoms with Crippen molar-refractivity contribution < 1.29 is 4.42 Å². The molecule has 0 fully saturated rings. The molecule has 2 nitrogen and oxygen atoms in total. The highest BCUT2D eigenvalue weighted by Crippen LogP contribution is 2.56. The zero-order valence-corrected chi connectivity index (χ0v) is 25.3. The molecule has 0 aliphatic rings. The number of hydrogen-bond acceptors (Lipinski definition) is 3. The fraction of sp³-hybridized carbons (Fsp3) is 0.156. The highest BCUT2D eigenvalue weighted by molar-refractivity contribution is 14.0. The van der Waals surface area contributed by atoms with Gasteiger partial charge in [0.15, 0.2) is 7.26 Å². The number of benzene rings is 4. The number of hydrogen-bond donors (Lipinski definition) is 0. The Kier molecular flexibility index (Phi) is 9.64. The molecular weight excluding hydrogens is 604 g/mol. The summed E-state index contributed by atoms with van der Waals surface area (Å²) >= 11 is 1.80. The van der Waals surface area contributed by atoms with Crippen molar-refractivity contribution in [2.45, 2.75) is 31.8 Å². The smallest absolute Gasteiger partial charge is 0.251 e. The molecule has 0 radical (unpaired) electrons. The van der Waals surface area contributed by atoms with Gasteiger partial charge in [-0.25, -0.2) is 0 Å². The third-order valence-corrected chi connectivity index (χ3v) is 11.7. The lowest BCUT2D eigenvalue weighted by molar-refractivity contribution is 0.487. The Bertz CT molecular complexity index is 1290. The van der Waals surface area contributed by atoms with Gasteiger partial charge < -0.3 is 4.42 Å². The molecule has 0 atom stereocenters. The molecule has 0 N–H and O–H groups in total. The molecule has 0 amide bonds. The van der Waals surface area contributed by atoms with Crippen LogP contribution in [0.4, 0.5) is 0 Å². The van der Waals surface area contributed by atoms with E-state index in [0.717, 1.165) is 34.7 Å². The van der Waals surface area contributed by atoms with Gasteiger partial charge in [0, 0.05) is 11.3 Å². The zero-order chi connectivity index (χ0) is 24.8. The summed E-state index contributed by atoms with van der Waals surface area (Å²) in [5.74, 6) is 1.70. The molecule has 0 spiro atoms. The van der Waals surface area contributed by atoms with Crippen molar-refractivity contribution in [1.29, 1.82) is 0 Å². The molecule has 5 rings (SSSR count). The monoisotopic (exact) mass is 636 g/mol. The Morgan fingerprint density at radius 2 is 1.19 bits per heavy atom. The van der Waals surface area contributed by atoms with E-state index < -0.39 is 7.26 Å². The average molecular weight is 637 g/mol. The minimum absolute atomic E-state index is 0. The maximum Gasteiger partial charge on any atom is 0.251 e. The molecule has 188 valence electrons. The molecule has 5 heteroatoms. The summed E-state index contributed by atoms with van der Waals surface area (Å²) in [4.78, 5) is 5.35. The van der Waals surface area contributed by atoms with E-state index in [2.05, 4.69) is 129 Å². The van der Waals surface area contributed by atoms with Crippen LogP contribution in [0.1, 0.15) is 25.3 Å². The van der Waals surface area contributed by atoms with Crippen LogP contribution in [-0.2, 0) is 0 Å². The summed E-state index contributed by atoms with van der Waals surface area (Å²) in [6.45, 7) is 4.34. The SMILES string of the molecule is CCCCSc1oc(-c2ccc(C)cc2)nc1[P+](c1ccccc1)(c1ccccc1)c1ccccc1.I. The van der Waals surface area contributed by atoms with E-state index >= 15 is 0 Å². The standard InChI is InChI=1S/C32H31NOPS.HI/c1-3-4-24-36-32-31(33-30(34-32)26-22-20-25(2)21-23-26)35(27-14-8-5-9-15-27,28-16-10-6-11-17-28)29-18-12-7-13-19-29;/h5-23H,3-4,24H2,1-2H3;1H/q+1;. The van der Waals surface area contributed by atoms with Crippen molar-refractivity contribution in [2.75, 3.05) is 5.75 Å². The minimum atomic E-state index is -2.33. The number of oxazole rings is 1. The topological polar surface area (TPSA) is 26.0 Å². The van der Waals surface area contributed by atoms with Gasteiger partial charge >= 0.3 is 0 Å². The Labute approximate surface area is 242 Å². The van der Waals surface area contributed by atoms with E-state index in [1.807, 2.05) is 0 Å². The Morgan fingerprint density at radius 3 is 1.65 bits per heavy atom. The van der Waals surface area contributed by atoms with E-state index in [4.69, 9.17) is 9.40 Å². The number of unbranched alkanes of at least 4 members (excludes halogenated alkanes) is 1. The Balaban J connectivity index is 0.00000320. The highest BCUT2D eigenvalue weighted by atomic mass is 127. The first-order valence-corrected chi connectivity index (χ1v) is 15.3. The molecule has 37 heavy (non-hydrogen) atoms. The molecule has 0 unspecified atom stereocenters. The van der Waals surface area contributed by atoms with Crippen LogP contribution in [0.3, 0.4) is 0 Å². The highest BCUT2D eigenvalue weighted by Gasteiger charge is 2.52. The van der Waals surface area contributed by atoms with Crippen molar-refractivity contribution in [3.05, 3.63) is 121 Å². The maximum atomic E-state index is 6.64. The molecule has 0 saturated carbocycles. The molecule has 0 aliphatic heterocycles. The van der Waals surface area contributed by atoms with Crippen LogP contribution in [0.2, 0.25) is 0 Å². The molecule has 4 aromatic carbocycles. The number of aryl methyl sites for hydroxylation is 1. The first-order chi connectivity index (χ1) is 17.7. The van der Waals surface area contributed by atoms with Crippen LogP contribution in [0.25, 0.3) is 11.5 Å². The van der Waals surface area contributed by atoms with Gasteiger partial charge in [0.2, 0.25) is 11.0 Å². The number of thioether (sulfide) groups is 1. The summed E-state index contributed by atoms with van der Waals surface area (Å²) in [6, 6.07) is 41.1. The van der Waals surface area contributed by atoms with Gasteiger partial charge in [-0.3, -0.25) is 0 Å². The molecule has 0 aliphatic carbocycles. The third kappa shape index (κ3) is 5.72. The van der Waals surface area contributed by atoms with Gasteiger partial charge in [0.1, 0.15) is 15.9 Å². The lowest BCUT2D eigenvalue weighted by Crippen LogP contribution is -2.40. The lowest BCUT2D eigenvalue weighted by atomic mass is 10.1. The lowest BCUT2D eigenvalue weighted by Gasteiger charge is -2.25. The van der Waals surface area contributed by atoms with Crippen molar-refractivity contribution in [3.8, 4) is 11.5 Å². The van der Waals surface area contributed by atoms with Crippen molar-refractivity contribution in [2.24, 2.45) is 0 Å². The van der Waals surface area contributed by atoms with Gasteiger partial charge in [-0.15, -0.1) is 24.0 Å². The summed E-state index contributed by atoms with van der Waals surface area (Å²) in [5.41, 5.74) is 3.29. The van der Waals surface area contributed by atoms with Crippen LogP contribution >= 0.6 is 43.0 Å². The van der Waals surface area contributed by atoms with Crippen LogP contribution in [-0.4, -0.2) is 10.7 Å². The Morgan fingerprint density at radius 1 is 0.703 bits per heavy atom. The molecule has 0 saturated heterocycles. The van der Waals surface area contributed by atoms with Gasteiger partial charge in [0.05, 0.1) is 0 Å². The Hall–Kier alpha value is -2.40. The molecule has 1 heterocycles. The van der Waals surface area contributed by atoms with Gasteiger partial charge in [0.25, 0.3) is 5.44 Å². The van der Waals surface area contributed by atoms with E-state index in [-0.39, 0.29) is 24.0 Å². The van der Waals surface area contributed by atoms with E-state index in [1.165, 1.54) is 21.5 Å². The normalized spacial score (nSPS) is 11.2. The summed E-state index contributed by atoms with van der Waals surface area (Å²) in [7, 11) is -2.33. The number of rotatable bonds is 9. The van der Waals surface area contributed by atoms with E-state index in [0.29, 0.717) is 5.89 Å². The largest absolute Gasteiger partial charge is 0.425 e. The van der Waals surface area contributed by atoms with Gasteiger partial charge in [-0.05, 0) is 61.9 Å². The van der Waals surface area contributed by atoms with Crippen molar-refractivity contribution >= 4 is 64.3 Å². The van der Waals surface area contributed by atoms with Gasteiger partial charge in [-0.2, -0.15) is 4.98 Å². The van der Waals surface area contributed by atoms with Gasteiger partial charge in [-0.1, -0.05) is 97.4 Å².